The minimum Gasteiger partial charge on any atom is -0.390 e. The van der Waals surface area contributed by atoms with E-state index >= 15 is 0 Å². The van der Waals surface area contributed by atoms with Crippen molar-refractivity contribution in [1.29, 1.82) is 0 Å². The van der Waals surface area contributed by atoms with Gasteiger partial charge in [0.2, 0.25) is 0 Å². The molecule has 1 aromatic carbocycles. The van der Waals surface area contributed by atoms with Gasteiger partial charge in [0.15, 0.2) is 0 Å². The molecule has 0 saturated heterocycles. The Morgan fingerprint density at radius 1 is 1.14 bits per heavy atom. The highest BCUT2D eigenvalue weighted by atomic mass is 16.3. The summed E-state index contributed by atoms with van der Waals surface area (Å²) >= 11 is 0. The second-order valence-corrected chi connectivity index (χ2v) is 6.04. The summed E-state index contributed by atoms with van der Waals surface area (Å²) < 4.78 is 0. The maximum Gasteiger partial charge on any atom is 0.315 e. The van der Waals surface area contributed by atoms with E-state index in [1.807, 2.05) is 45.2 Å². The maximum atomic E-state index is 11.7. The van der Waals surface area contributed by atoms with Crippen LogP contribution in [0.4, 0.5) is 4.79 Å². The summed E-state index contributed by atoms with van der Waals surface area (Å²) in [5.74, 6) is 0. The van der Waals surface area contributed by atoms with Gasteiger partial charge in [-0.2, -0.15) is 0 Å². The van der Waals surface area contributed by atoms with Gasteiger partial charge in [0, 0.05) is 26.2 Å². The molecule has 1 atom stereocenters. The number of carbonyl (C=O) groups excluding carboxylic acids is 1. The van der Waals surface area contributed by atoms with Crippen molar-refractivity contribution >= 4 is 6.03 Å². The van der Waals surface area contributed by atoms with Gasteiger partial charge in [-0.25, -0.2) is 4.79 Å². The summed E-state index contributed by atoms with van der Waals surface area (Å²) in [5.41, 5.74) is 2.27. The van der Waals surface area contributed by atoms with Crippen molar-refractivity contribution < 1.29 is 9.90 Å². The van der Waals surface area contributed by atoms with Crippen molar-refractivity contribution in [1.82, 2.24) is 20.4 Å². The van der Waals surface area contributed by atoms with Gasteiger partial charge in [-0.05, 0) is 39.3 Å². The van der Waals surface area contributed by atoms with Crippen LogP contribution in [0.1, 0.15) is 11.1 Å². The Morgan fingerprint density at radius 2 is 1.82 bits per heavy atom. The lowest BCUT2D eigenvalue weighted by molar-refractivity contribution is 0.135. The zero-order valence-electron chi connectivity index (χ0n) is 14.0. The molecule has 0 radical (unpaired) electrons. The van der Waals surface area contributed by atoms with Crippen LogP contribution in [0.2, 0.25) is 0 Å². The molecule has 6 heteroatoms. The van der Waals surface area contributed by atoms with Crippen LogP contribution in [-0.4, -0.2) is 68.3 Å². The smallest absolute Gasteiger partial charge is 0.315 e. The van der Waals surface area contributed by atoms with Crippen molar-refractivity contribution in [3.05, 3.63) is 35.4 Å². The van der Waals surface area contributed by atoms with Crippen molar-refractivity contribution in [3.63, 3.8) is 0 Å². The molecular weight excluding hydrogens is 280 g/mol. The molecule has 0 heterocycles. The van der Waals surface area contributed by atoms with Crippen LogP contribution in [0.5, 0.6) is 0 Å². The zero-order chi connectivity index (χ0) is 16.5. The van der Waals surface area contributed by atoms with E-state index in [9.17, 15) is 9.90 Å². The molecule has 0 aliphatic carbocycles. The van der Waals surface area contributed by atoms with Gasteiger partial charge in [0.05, 0.1) is 6.10 Å². The molecule has 0 saturated carbocycles. The number of urea groups is 1. The van der Waals surface area contributed by atoms with Gasteiger partial charge in [0.1, 0.15) is 0 Å². The summed E-state index contributed by atoms with van der Waals surface area (Å²) in [7, 11) is 7.81. The number of carbonyl (C=O) groups is 1. The third kappa shape index (κ3) is 7.97. The molecule has 0 aromatic heterocycles. The fourth-order valence-electron chi connectivity index (χ4n) is 2.14. The van der Waals surface area contributed by atoms with Crippen molar-refractivity contribution in [2.75, 3.05) is 41.3 Å². The first kappa shape index (κ1) is 18.4. The number of hydrogen-bond acceptors (Lipinski definition) is 4. The number of hydrogen-bond donors (Lipinski definition) is 3. The highest BCUT2D eigenvalue weighted by Gasteiger charge is 2.07. The lowest BCUT2D eigenvalue weighted by atomic mass is 10.1. The highest BCUT2D eigenvalue weighted by molar-refractivity contribution is 5.73. The normalized spacial score (nSPS) is 12.5. The standard InChI is InChI=1S/C16H28N4O2/c1-19(2)11-14-7-5-6-13(8-14)9-17-16(22)18-10-15(21)12-20(3)4/h5-8,15,21H,9-12H2,1-4H3,(H2,17,18,22). The van der Waals surface area contributed by atoms with E-state index in [-0.39, 0.29) is 12.6 Å². The minimum atomic E-state index is -0.566. The number of aliphatic hydroxyl groups excluding tert-OH is 1. The van der Waals surface area contributed by atoms with E-state index < -0.39 is 6.10 Å². The molecule has 2 amide bonds. The average molecular weight is 308 g/mol. The number of rotatable bonds is 8. The van der Waals surface area contributed by atoms with Crippen molar-refractivity contribution in [3.8, 4) is 0 Å². The molecule has 0 bridgehead atoms. The molecule has 1 unspecified atom stereocenters. The van der Waals surface area contributed by atoms with E-state index in [0.29, 0.717) is 13.1 Å². The lowest BCUT2D eigenvalue weighted by Crippen LogP contribution is -2.42. The number of nitrogens with zero attached hydrogens (tertiary/aromatic N) is 2. The van der Waals surface area contributed by atoms with E-state index in [1.165, 1.54) is 5.56 Å². The fourth-order valence-corrected chi connectivity index (χ4v) is 2.14. The first-order valence-corrected chi connectivity index (χ1v) is 7.44. The molecule has 1 aromatic rings. The molecule has 0 fully saturated rings. The quantitative estimate of drug-likeness (QED) is 0.653. The van der Waals surface area contributed by atoms with Crippen LogP contribution < -0.4 is 10.6 Å². The molecule has 124 valence electrons. The second kappa shape index (κ2) is 9.40. The van der Waals surface area contributed by atoms with Crippen molar-refractivity contribution in [2.24, 2.45) is 0 Å². The predicted molar refractivity (Wildman–Crippen MR) is 88.6 cm³/mol. The summed E-state index contributed by atoms with van der Waals surface area (Å²) in [6.07, 6.45) is -0.566. The van der Waals surface area contributed by atoms with Gasteiger partial charge >= 0.3 is 6.03 Å². The molecular formula is C16H28N4O2. The summed E-state index contributed by atoms with van der Waals surface area (Å²) in [4.78, 5) is 15.7. The predicted octanol–water partition coefficient (Wildman–Crippen LogP) is 0.470. The number of likely N-dealkylation sites (N-methyl/N-ethyl adjacent to an activating group) is 1. The molecule has 0 aliphatic heterocycles. The molecule has 0 spiro atoms. The monoisotopic (exact) mass is 308 g/mol. The SMILES string of the molecule is CN(C)Cc1cccc(CNC(=O)NCC(O)CN(C)C)c1. The first-order valence-electron chi connectivity index (χ1n) is 7.44. The molecule has 3 N–H and O–H groups in total. The fraction of sp³-hybridized carbons (Fsp3) is 0.562. The summed E-state index contributed by atoms with van der Waals surface area (Å²) in [6, 6.07) is 7.87. The summed E-state index contributed by atoms with van der Waals surface area (Å²) in [6.45, 7) is 2.10. The maximum absolute atomic E-state index is 11.7. The Kier molecular flexibility index (Phi) is 7.87. The Hall–Kier alpha value is -1.63. The topological polar surface area (TPSA) is 67.8 Å². The Bertz CT molecular complexity index is 463. The zero-order valence-corrected chi connectivity index (χ0v) is 14.0. The van der Waals surface area contributed by atoms with Gasteiger partial charge in [-0.1, -0.05) is 24.3 Å². The Labute approximate surface area is 133 Å². The van der Waals surface area contributed by atoms with E-state index in [0.717, 1.165) is 12.1 Å². The van der Waals surface area contributed by atoms with E-state index in [1.54, 1.807) is 0 Å². The van der Waals surface area contributed by atoms with Gasteiger partial charge in [-0.3, -0.25) is 0 Å². The van der Waals surface area contributed by atoms with Crippen LogP contribution in [-0.2, 0) is 13.1 Å². The van der Waals surface area contributed by atoms with Crippen LogP contribution in [0, 0.1) is 0 Å². The summed E-state index contributed by atoms with van der Waals surface area (Å²) in [5, 5.41) is 15.2. The molecule has 6 nitrogen and oxygen atoms in total. The Balaban J connectivity index is 2.34. The lowest BCUT2D eigenvalue weighted by Gasteiger charge is -2.16. The average Bonchev–Trinajstić information content (AvgIpc) is 2.42. The first-order chi connectivity index (χ1) is 10.4. The van der Waals surface area contributed by atoms with Gasteiger partial charge in [-0.15, -0.1) is 0 Å². The largest absolute Gasteiger partial charge is 0.390 e. The van der Waals surface area contributed by atoms with Gasteiger partial charge in [0.25, 0.3) is 0 Å². The van der Waals surface area contributed by atoms with Crippen LogP contribution in [0.15, 0.2) is 24.3 Å². The number of amides is 2. The van der Waals surface area contributed by atoms with E-state index in [4.69, 9.17) is 0 Å². The Morgan fingerprint density at radius 3 is 2.45 bits per heavy atom. The third-order valence-corrected chi connectivity index (χ3v) is 3.02. The minimum absolute atomic E-state index is 0.241. The second-order valence-electron chi connectivity index (χ2n) is 6.04. The molecule has 0 aliphatic rings. The van der Waals surface area contributed by atoms with E-state index in [2.05, 4.69) is 27.7 Å². The van der Waals surface area contributed by atoms with Crippen molar-refractivity contribution in [2.45, 2.75) is 19.2 Å². The van der Waals surface area contributed by atoms with Crippen LogP contribution in [0.3, 0.4) is 0 Å². The van der Waals surface area contributed by atoms with Gasteiger partial charge < -0.3 is 25.5 Å². The number of benzene rings is 1. The highest BCUT2D eigenvalue weighted by Crippen LogP contribution is 2.06. The third-order valence-electron chi connectivity index (χ3n) is 3.02. The number of aliphatic hydroxyl groups is 1. The molecule has 22 heavy (non-hydrogen) atoms. The van der Waals surface area contributed by atoms with Crippen LogP contribution >= 0.6 is 0 Å². The number of nitrogens with one attached hydrogen (secondary N) is 2. The molecule has 1 rings (SSSR count). The van der Waals surface area contributed by atoms with Crippen LogP contribution in [0.25, 0.3) is 0 Å².